The zero-order valence-corrected chi connectivity index (χ0v) is 17.8. The number of aliphatic hydroxyl groups excluding tert-OH is 1. The topological polar surface area (TPSA) is 103 Å². The van der Waals surface area contributed by atoms with Crippen LogP contribution in [0.5, 0.6) is 0 Å². The van der Waals surface area contributed by atoms with E-state index in [4.69, 9.17) is 18.9 Å². The fourth-order valence-electron chi connectivity index (χ4n) is 2.35. The van der Waals surface area contributed by atoms with E-state index >= 15 is 0 Å². The molecule has 0 bridgehead atoms. The lowest BCUT2D eigenvalue weighted by atomic mass is 10.2. The number of ether oxygens (including phenoxy) is 4. The van der Waals surface area contributed by atoms with E-state index in [0.29, 0.717) is 6.61 Å². The standard InChI is InChI=1S/C21H33NO7/c1-15(23)18(28-13-16-9-7-6-8-10-16)14-27-12-11-17(19(24)26-5)22-20(25)29-21(2,3)4/h6-10,15,17-18,23H,11-14H2,1-5H3,(H,22,25)/t15-,17?,18+/m0/s1. The number of hydrogen-bond donors (Lipinski definition) is 2. The molecule has 0 aliphatic rings. The number of carbonyl (C=O) groups is 2. The van der Waals surface area contributed by atoms with Crippen molar-refractivity contribution in [2.45, 2.75) is 64.6 Å². The number of carbonyl (C=O) groups excluding carboxylic acids is 2. The van der Waals surface area contributed by atoms with Crippen molar-refractivity contribution in [1.29, 1.82) is 0 Å². The fraction of sp³-hybridized carbons (Fsp3) is 0.619. The Labute approximate surface area is 172 Å². The van der Waals surface area contributed by atoms with Crippen LogP contribution in [0.1, 0.15) is 39.7 Å². The lowest BCUT2D eigenvalue weighted by Crippen LogP contribution is -2.44. The third-order valence-corrected chi connectivity index (χ3v) is 3.85. The van der Waals surface area contributed by atoms with E-state index in [2.05, 4.69) is 5.32 Å². The van der Waals surface area contributed by atoms with Crippen LogP contribution < -0.4 is 5.32 Å². The van der Waals surface area contributed by atoms with E-state index in [9.17, 15) is 14.7 Å². The number of amides is 1. The average Bonchev–Trinajstić information content (AvgIpc) is 2.64. The molecule has 0 heterocycles. The first kappa shape index (κ1) is 24.9. The van der Waals surface area contributed by atoms with Crippen molar-refractivity contribution in [3.8, 4) is 0 Å². The molecule has 1 aromatic rings. The van der Waals surface area contributed by atoms with E-state index in [-0.39, 0.29) is 19.6 Å². The first-order valence-corrected chi connectivity index (χ1v) is 9.61. The van der Waals surface area contributed by atoms with Crippen LogP contribution in [0.2, 0.25) is 0 Å². The molecule has 8 heteroatoms. The molecule has 1 amide bonds. The van der Waals surface area contributed by atoms with Crippen LogP contribution in [0.15, 0.2) is 30.3 Å². The quantitative estimate of drug-likeness (QED) is 0.426. The van der Waals surface area contributed by atoms with E-state index in [1.807, 2.05) is 30.3 Å². The highest BCUT2D eigenvalue weighted by Gasteiger charge is 2.25. The molecule has 0 aliphatic heterocycles. The Hall–Kier alpha value is -2.16. The van der Waals surface area contributed by atoms with Gasteiger partial charge in [0.05, 0.1) is 26.4 Å². The van der Waals surface area contributed by atoms with E-state index in [1.54, 1.807) is 27.7 Å². The highest BCUT2D eigenvalue weighted by atomic mass is 16.6. The number of nitrogens with one attached hydrogen (secondary N) is 1. The molecule has 2 N–H and O–H groups in total. The van der Waals surface area contributed by atoms with Gasteiger partial charge in [-0.3, -0.25) is 0 Å². The Kier molecular flexibility index (Phi) is 10.6. The number of esters is 1. The Morgan fingerprint density at radius 3 is 2.38 bits per heavy atom. The van der Waals surface area contributed by atoms with Gasteiger partial charge in [-0.2, -0.15) is 0 Å². The van der Waals surface area contributed by atoms with Gasteiger partial charge in [0, 0.05) is 13.0 Å². The van der Waals surface area contributed by atoms with Gasteiger partial charge in [0.15, 0.2) is 0 Å². The van der Waals surface area contributed by atoms with Gasteiger partial charge >= 0.3 is 12.1 Å². The summed E-state index contributed by atoms with van der Waals surface area (Å²) in [6.45, 7) is 7.47. The number of methoxy groups -OCH3 is 1. The van der Waals surface area contributed by atoms with Crippen molar-refractivity contribution in [2.75, 3.05) is 20.3 Å². The number of rotatable bonds is 11. The van der Waals surface area contributed by atoms with Crippen molar-refractivity contribution in [3.63, 3.8) is 0 Å². The maximum absolute atomic E-state index is 11.9. The minimum atomic E-state index is -0.898. The Bertz CT molecular complexity index is 613. The molecule has 29 heavy (non-hydrogen) atoms. The van der Waals surface area contributed by atoms with Gasteiger partial charge in [0.1, 0.15) is 17.7 Å². The molecule has 3 atom stereocenters. The second-order valence-electron chi connectivity index (χ2n) is 7.66. The molecule has 0 aliphatic carbocycles. The van der Waals surface area contributed by atoms with Crippen molar-refractivity contribution in [2.24, 2.45) is 0 Å². The van der Waals surface area contributed by atoms with Gasteiger partial charge < -0.3 is 29.4 Å². The van der Waals surface area contributed by atoms with Gasteiger partial charge in [-0.25, -0.2) is 9.59 Å². The van der Waals surface area contributed by atoms with Gasteiger partial charge in [-0.05, 0) is 33.3 Å². The molecule has 164 valence electrons. The molecule has 0 fully saturated rings. The molecule has 8 nitrogen and oxygen atoms in total. The zero-order chi connectivity index (χ0) is 21.9. The van der Waals surface area contributed by atoms with Crippen LogP contribution in [0.25, 0.3) is 0 Å². The maximum atomic E-state index is 11.9. The number of aliphatic hydroxyl groups is 1. The monoisotopic (exact) mass is 411 g/mol. The van der Waals surface area contributed by atoms with Gasteiger partial charge in [0.25, 0.3) is 0 Å². The predicted molar refractivity (Wildman–Crippen MR) is 107 cm³/mol. The van der Waals surface area contributed by atoms with Crippen molar-refractivity contribution >= 4 is 12.1 Å². The van der Waals surface area contributed by atoms with Gasteiger partial charge in [0.2, 0.25) is 0 Å². The third kappa shape index (κ3) is 10.8. The predicted octanol–water partition coefficient (Wildman–Crippen LogP) is 2.43. The summed E-state index contributed by atoms with van der Waals surface area (Å²) in [6.07, 6.45) is -1.77. The smallest absolute Gasteiger partial charge is 0.408 e. The van der Waals surface area contributed by atoms with Crippen molar-refractivity contribution in [3.05, 3.63) is 35.9 Å². The highest BCUT2D eigenvalue weighted by molar-refractivity contribution is 5.81. The second-order valence-corrected chi connectivity index (χ2v) is 7.66. The van der Waals surface area contributed by atoms with Gasteiger partial charge in [-0.15, -0.1) is 0 Å². The largest absolute Gasteiger partial charge is 0.467 e. The van der Waals surface area contributed by atoms with E-state index in [1.165, 1.54) is 7.11 Å². The first-order valence-electron chi connectivity index (χ1n) is 9.61. The molecule has 0 aromatic heterocycles. The summed E-state index contributed by atoms with van der Waals surface area (Å²) < 4.78 is 21.2. The Morgan fingerprint density at radius 2 is 1.83 bits per heavy atom. The first-order chi connectivity index (χ1) is 13.6. The molecule has 0 saturated carbocycles. The zero-order valence-electron chi connectivity index (χ0n) is 17.8. The molecule has 0 saturated heterocycles. The Balaban J connectivity index is 2.46. The molecule has 1 unspecified atom stereocenters. The van der Waals surface area contributed by atoms with Crippen LogP contribution in [-0.2, 0) is 30.3 Å². The summed E-state index contributed by atoms with van der Waals surface area (Å²) in [5, 5.41) is 12.4. The minimum Gasteiger partial charge on any atom is -0.467 e. The SMILES string of the molecule is COC(=O)C(CCOC[C@@H](OCc1ccccc1)[C@H](C)O)NC(=O)OC(C)(C)C. The molecule has 1 aromatic carbocycles. The summed E-state index contributed by atoms with van der Waals surface area (Å²) >= 11 is 0. The summed E-state index contributed by atoms with van der Waals surface area (Å²) in [7, 11) is 1.24. The normalized spacial score (nSPS) is 14.6. The number of benzene rings is 1. The molecule has 0 radical (unpaired) electrons. The van der Waals surface area contributed by atoms with Crippen LogP contribution in [0, 0.1) is 0 Å². The summed E-state index contributed by atoms with van der Waals surface area (Å²) in [5.74, 6) is -0.591. The number of alkyl carbamates (subject to hydrolysis) is 1. The van der Waals surface area contributed by atoms with Crippen molar-refractivity contribution in [1.82, 2.24) is 5.32 Å². The summed E-state index contributed by atoms with van der Waals surface area (Å²) in [5.41, 5.74) is 0.312. The van der Waals surface area contributed by atoms with Crippen LogP contribution in [0.3, 0.4) is 0 Å². The maximum Gasteiger partial charge on any atom is 0.408 e. The van der Waals surface area contributed by atoms with E-state index < -0.39 is 35.9 Å². The van der Waals surface area contributed by atoms with Crippen LogP contribution in [-0.4, -0.2) is 61.3 Å². The summed E-state index contributed by atoms with van der Waals surface area (Å²) in [4.78, 5) is 23.8. The van der Waals surface area contributed by atoms with E-state index in [0.717, 1.165) is 5.56 Å². The molecule has 0 spiro atoms. The lowest BCUT2D eigenvalue weighted by Gasteiger charge is -2.23. The van der Waals surface area contributed by atoms with Crippen LogP contribution >= 0.6 is 0 Å². The number of hydrogen-bond acceptors (Lipinski definition) is 7. The van der Waals surface area contributed by atoms with Crippen LogP contribution in [0.4, 0.5) is 4.79 Å². The van der Waals surface area contributed by atoms with Gasteiger partial charge in [-0.1, -0.05) is 30.3 Å². The average molecular weight is 411 g/mol. The lowest BCUT2D eigenvalue weighted by molar-refractivity contribution is -0.144. The highest BCUT2D eigenvalue weighted by Crippen LogP contribution is 2.09. The Morgan fingerprint density at radius 1 is 1.17 bits per heavy atom. The fourth-order valence-corrected chi connectivity index (χ4v) is 2.35. The molecular weight excluding hydrogens is 378 g/mol. The van der Waals surface area contributed by atoms with Crippen molar-refractivity contribution < 1.29 is 33.6 Å². The third-order valence-electron chi connectivity index (χ3n) is 3.85. The minimum absolute atomic E-state index is 0.144. The second kappa shape index (κ2) is 12.4. The molecule has 1 rings (SSSR count). The summed E-state index contributed by atoms with van der Waals surface area (Å²) in [6, 6.07) is 8.72. The molecular formula is C21H33NO7.